The molecular weight excluding hydrogens is 454 g/mol. The van der Waals surface area contributed by atoms with Gasteiger partial charge in [0.05, 0.1) is 24.3 Å². The van der Waals surface area contributed by atoms with Gasteiger partial charge in [-0.15, -0.1) is 21.5 Å². The maximum atomic E-state index is 13.5. The molecule has 0 spiro atoms. The lowest BCUT2D eigenvalue weighted by atomic mass is 10.0. The molecule has 0 radical (unpaired) electrons. The van der Waals surface area contributed by atoms with Crippen LogP contribution in [0.4, 0.5) is 5.13 Å². The van der Waals surface area contributed by atoms with Crippen LogP contribution in [-0.4, -0.2) is 31.4 Å². The predicted molar refractivity (Wildman–Crippen MR) is 131 cm³/mol. The summed E-state index contributed by atoms with van der Waals surface area (Å²) in [6.07, 6.45) is 6.05. The average Bonchev–Trinajstić information content (AvgIpc) is 3.60. The number of benzene rings is 1. The maximum Gasteiger partial charge on any atom is 0.239 e. The van der Waals surface area contributed by atoms with Gasteiger partial charge in [-0.3, -0.25) is 14.3 Å². The Kier molecular flexibility index (Phi) is 6.59. The van der Waals surface area contributed by atoms with Gasteiger partial charge in [0.15, 0.2) is 21.9 Å². The van der Waals surface area contributed by atoms with Gasteiger partial charge in [-0.25, -0.2) is 4.98 Å². The number of thiazole rings is 1. The molecule has 0 fully saturated rings. The number of rotatable bonds is 8. The summed E-state index contributed by atoms with van der Waals surface area (Å²) < 4.78 is 7.46. The zero-order valence-electron chi connectivity index (χ0n) is 18.4. The van der Waals surface area contributed by atoms with E-state index in [0.29, 0.717) is 29.8 Å². The molecule has 1 amide bonds. The molecule has 4 aromatic rings. The third-order valence-corrected chi connectivity index (χ3v) is 7.78. The second kappa shape index (κ2) is 9.93. The fraction of sp³-hybridized carbons (Fsp3) is 0.333. The monoisotopic (exact) mass is 479 g/mol. The fourth-order valence-electron chi connectivity index (χ4n) is 3.96. The third-order valence-electron chi connectivity index (χ3n) is 5.65. The van der Waals surface area contributed by atoms with Crippen molar-refractivity contribution in [1.29, 1.82) is 0 Å². The molecule has 5 rings (SSSR count). The van der Waals surface area contributed by atoms with Crippen molar-refractivity contribution in [3.63, 3.8) is 0 Å². The molecule has 7 nitrogen and oxygen atoms in total. The first-order chi connectivity index (χ1) is 16.2. The Balaban J connectivity index is 1.37. The van der Waals surface area contributed by atoms with Crippen molar-refractivity contribution in [2.24, 2.45) is 0 Å². The van der Waals surface area contributed by atoms with Gasteiger partial charge in [0.1, 0.15) is 0 Å². The minimum Gasteiger partial charge on any atom is -0.461 e. The summed E-state index contributed by atoms with van der Waals surface area (Å²) >= 11 is 3.06. The first-order valence-corrected chi connectivity index (χ1v) is 13.0. The first kappa shape index (κ1) is 21.9. The van der Waals surface area contributed by atoms with E-state index in [2.05, 4.69) is 10.2 Å². The molecule has 0 saturated heterocycles. The molecule has 9 heteroatoms. The smallest absolute Gasteiger partial charge is 0.239 e. The van der Waals surface area contributed by atoms with E-state index < -0.39 is 0 Å². The molecule has 0 N–H and O–H groups in total. The highest BCUT2D eigenvalue weighted by molar-refractivity contribution is 7.99. The van der Waals surface area contributed by atoms with E-state index in [1.165, 1.54) is 29.5 Å². The van der Waals surface area contributed by atoms with E-state index in [4.69, 9.17) is 9.40 Å². The molecule has 0 atom stereocenters. The highest BCUT2D eigenvalue weighted by atomic mass is 32.2. The first-order valence-electron chi connectivity index (χ1n) is 11.2. The van der Waals surface area contributed by atoms with Crippen LogP contribution in [-0.2, 0) is 30.7 Å². The number of fused-ring (bicyclic) bond motifs is 1. The summed E-state index contributed by atoms with van der Waals surface area (Å²) in [7, 11) is 0. The number of furan rings is 1. The average molecular weight is 480 g/mol. The van der Waals surface area contributed by atoms with Gasteiger partial charge in [0.25, 0.3) is 0 Å². The highest BCUT2D eigenvalue weighted by Gasteiger charge is 2.25. The molecule has 170 valence electrons. The fourth-order valence-corrected chi connectivity index (χ4v) is 6.00. The van der Waals surface area contributed by atoms with Crippen LogP contribution in [0, 0.1) is 0 Å². The van der Waals surface area contributed by atoms with E-state index in [-0.39, 0.29) is 11.7 Å². The molecule has 0 unspecified atom stereocenters. The molecule has 3 aromatic heterocycles. The largest absolute Gasteiger partial charge is 0.461 e. The number of carbonyl (C=O) groups is 1. The van der Waals surface area contributed by atoms with Crippen molar-refractivity contribution in [3.8, 4) is 11.6 Å². The molecule has 33 heavy (non-hydrogen) atoms. The van der Waals surface area contributed by atoms with Gasteiger partial charge < -0.3 is 4.42 Å². The zero-order valence-corrected chi connectivity index (χ0v) is 20.1. The molecule has 0 saturated carbocycles. The Bertz CT molecular complexity index is 1190. The normalized spacial score (nSPS) is 13.1. The molecule has 3 heterocycles. The van der Waals surface area contributed by atoms with Crippen LogP contribution in [0.25, 0.3) is 11.6 Å². The van der Waals surface area contributed by atoms with Crippen LogP contribution >= 0.6 is 23.1 Å². The van der Waals surface area contributed by atoms with Crippen LogP contribution in [0.1, 0.15) is 35.9 Å². The van der Waals surface area contributed by atoms with Crippen molar-refractivity contribution in [3.05, 3.63) is 64.9 Å². The van der Waals surface area contributed by atoms with Crippen LogP contribution in [0.3, 0.4) is 0 Å². The standard InChI is InChI=1S/C24H25N5O2S2/c1-2-28-22(19-12-8-14-31-19)26-27-24(28)32-16-21(30)29(15-17-9-4-3-5-10-17)23-25-18-11-6-7-13-20(18)33-23/h3-5,8-10,12,14H,2,6-7,11,13,15-16H2,1H3. The number of aromatic nitrogens is 4. The van der Waals surface area contributed by atoms with Crippen molar-refractivity contribution >= 4 is 34.1 Å². The summed E-state index contributed by atoms with van der Waals surface area (Å²) in [5.41, 5.74) is 2.24. The molecule has 0 aliphatic heterocycles. The maximum absolute atomic E-state index is 13.5. The number of amides is 1. The Morgan fingerprint density at radius 3 is 2.76 bits per heavy atom. The Morgan fingerprint density at radius 1 is 1.15 bits per heavy atom. The molecule has 1 aliphatic carbocycles. The predicted octanol–water partition coefficient (Wildman–Crippen LogP) is 5.22. The summed E-state index contributed by atoms with van der Waals surface area (Å²) in [5.74, 6) is 1.61. The number of nitrogens with zero attached hydrogens (tertiary/aromatic N) is 5. The Hall–Kier alpha value is -2.91. The number of hydrogen-bond acceptors (Lipinski definition) is 7. The number of hydrogen-bond donors (Lipinski definition) is 0. The zero-order chi connectivity index (χ0) is 22.6. The van der Waals surface area contributed by atoms with Gasteiger partial charge in [0, 0.05) is 11.4 Å². The van der Waals surface area contributed by atoms with Gasteiger partial charge in [-0.05, 0) is 50.3 Å². The number of thioether (sulfide) groups is 1. The minimum atomic E-state index is 0.0140. The summed E-state index contributed by atoms with van der Waals surface area (Å²) in [4.78, 5) is 21.5. The topological polar surface area (TPSA) is 77.1 Å². The van der Waals surface area contributed by atoms with Gasteiger partial charge in [-0.2, -0.15) is 0 Å². The van der Waals surface area contributed by atoms with E-state index in [1.54, 1.807) is 17.6 Å². The number of aryl methyl sites for hydroxylation is 2. The van der Waals surface area contributed by atoms with Gasteiger partial charge in [0.2, 0.25) is 5.91 Å². The minimum absolute atomic E-state index is 0.0140. The van der Waals surface area contributed by atoms with Crippen molar-refractivity contribution in [2.75, 3.05) is 10.7 Å². The van der Waals surface area contributed by atoms with Crippen LogP contribution in [0.5, 0.6) is 0 Å². The van der Waals surface area contributed by atoms with E-state index in [9.17, 15) is 4.79 Å². The lowest BCUT2D eigenvalue weighted by Crippen LogP contribution is -2.32. The van der Waals surface area contributed by atoms with E-state index in [0.717, 1.165) is 29.2 Å². The molecular formula is C24H25N5O2S2. The van der Waals surface area contributed by atoms with Crippen molar-refractivity contribution in [2.45, 2.75) is 50.9 Å². The lowest BCUT2D eigenvalue weighted by molar-refractivity contribution is -0.116. The van der Waals surface area contributed by atoms with Gasteiger partial charge in [-0.1, -0.05) is 42.1 Å². The number of carbonyl (C=O) groups excluding carboxylic acids is 1. The summed E-state index contributed by atoms with van der Waals surface area (Å²) in [6, 6.07) is 13.8. The summed E-state index contributed by atoms with van der Waals surface area (Å²) in [5, 5.41) is 10.1. The lowest BCUT2D eigenvalue weighted by Gasteiger charge is -2.20. The quantitative estimate of drug-likeness (QED) is 0.323. The second-order valence-corrected chi connectivity index (χ2v) is 9.86. The van der Waals surface area contributed by atoms with Crippen molar-refractivity contribution in [1.82, 2.24) is 19.7 Å². The molecule has 1 aromatic carbocycles. The third kappa shape index (κ3) is 4.74. The van der Waals surface area contributed by atoms with Crippen LogP contribution < -0.4 is 4.90 Å². The van der Waals surface area contributed by atoms with E-state index >= 15 is 0 Å². The Labute approximate surface area is 200 Å². The van der Waals surface area contributed by atoms with Crippen LogP contribution in [0.2, 0.25) is 0 Å². The van der Waals surface area contributed by atoms with Crippen molar-refractivity contribution < 1.29 is 9.21 Å². The second-order valence-electron chi connectivity index (χ2n) is 7.86. The van der Waals surface area contributed by atoms with Crippen LogP contribution in [0.15, 0.2) is 58.3 Å². The Morgan fingerprint density at radius 2 is 2.00 bits per heavy atom. The SMILES string of the molecule is CCn1c(SCC(=O)N(Cc2ccccc2)c2nc3c(s2)CCCC3)nnc1-c1ccco1. The summed E-state index contributed by atoms with van der Waals surface area (Å²) in [6.45, 7) is 3.22. The van der Waals surface area contributed by atoms with Gasteiger partial charge >= 0.3 is 0 Å². The van der Waals surface area contributed by atoms with E-state index in [1.807, 2.05) is 58.9 Å². The highest BCUT2D eigenvalue weighted by Crippen LogP contribution is 2.33. The molecule has 0 bridgehead atoms. The number of anilines is 1. The molecule has 1 aliphatic rings.